The Morgan fingerprint density at radius 2 is 1.92 bits per heavy atom. The second kappa shape index (κ2) is 6.07. The van der Waals surface area contributed by atoms with Gasteiger partial charge in [0.25, 0.3) is 11.6 Å². The predicted molar refractivity (Wildman–Crippen MR) is 87.9 cm³/mol. The van der Waals surface area contributed by atoms with Gasteiger partial charge in [-0.25, -0.2) is 0 Å². The number of nitrogens with zero attached hydrogens (tertiary/aromatic N) is 2. The molecule has 0 radical (unpaired) electrons. The third-order valence-electron chi connectivity index (χ3n) is 3.55. The van der Waals surface area contributed by atoms with Crippen molar-refractivity contribution >= 4 is 23.0 Å². The van der Waals surface area contributed by atoms with Crippen molar-refractivity contribution in [2.45, 2.75) is 0 Å². The van der Waals surface area contributed by atoms with E-state index in [0.717, 1.165) is 0 Å². The molecule has 0 unspecified atom stereocenters. The summed E-state index contributed by atoms with van der Waals surface area (Å²) in [5, 5.41) is 13.9. The fourth-order valence-corrected chi connectivity index (χ4v) is 2.37. The summed E-state index contributed by atoms with van der Waals surface area (Å²) in [6.45, 7) is 0.144. The average molecular weight is 329 g/mol. The van der Waals surface area contributed by atoms with Gasteiger partial charge < -0.3 is 19.7 Å². The van der Waals surface area contributed by atoms with Crippen LogP contribution in [-0.4, -0.2) is 31.7 Å². The van der Waals surface area contributed by atoms with E-state index in [4.69, 9.17) is 9.47 Å². The Bertz CT molecular complexity index is 819. The van der Waals surface area contributed by atoms with Crippen molar-refractivity contribution in [3.05, 3.63) is 52.1 Å². The molecule has 0 spiro atoms. The largest absolute Gasteiger partial charge is 0.454 e. The molecule has 124 valence electrons. The summed E-state index contributed by atoms with van der Waals surface area (Å²) in [5.41, 5.74) is 1.02. The maximum atomic E-state index is 12.4. The van der Waals surface area contributed by atoms with Gasteiger partial charge in [0.05, 0.1) is 4.92 Å². The van der Waals surface area contributed by atoms with Crippen molar-refractivity contribution in [2.24, 2.45) is 0 Å². The van der Waals surface area contributed by atoms with Gasteiger partial charge in [-0.1, -0.05) is 0 Å². The number of carbonyl (C=O) groups is 1. The van der Waals surface area contributed by atoms with Gasteiger partial charge >= 0.3 is 0 Å². The minimum atomic E-state index is -0.507. The smallest absolute Gasteiger partial charge is 0.293 e. The van der Waals surface area contributed by atoms with E-state index >= 15 is 0 Å². The number of rotatable bonds is 4. The molecular weight excluding hydrogens is 314 g/mol. The summed E-state index contributed by atoms with van der Waals surface area (Å²) >= 11 is 0. The molecule has 0 bridgehead atoms. The number of fused-ring (bicyclic) bond motifs is 1. The van der Waals surface area contributed by atoms with E-state index in [1.165, 1.54) is 6.07 Å². The molecule has 2 aromatic rings. The lowest BCUT2D eigenvalue weighted by atomic mass is 10.1. The van der Waals surface area contributed by atoms with Crippen LogP contribution in [0, 0.1) is 10.1 Å². The predicted octanol–water partition coefficient (Wildman–Crippen LogP) is 2.64. The van der Waals surface area contributed by atoms with Gasteiger partial charge in [0, 0.05) is 37.5 Å². The molecule has 2 aromatic carbocycles. The quantitative estimate of drug-likeness (QED) is 0.684. The molecule has 0 atom stereocenters. The molecule has 1 amide bonds. The molecule has 0 saturated carbocycles. The van der Waals surface area contributed by atoms with Crippen LogP contribution in [0.5, 0.6) is 11.5 Å². The monoisotopic (exact) mass is 329 g/mol. The van der Waals surface area contributed by atoms with Gasteiger partial charge in [0.2, 0.25) is 6.79 Å². The standard InChI is InChI=1S/C16H15N3O5/c1-18(2)12-5-3-10(7-13(12)19(21)22)16(20)17-11-4-6-14-15(8-11)24-9-23-14/h3-8H,9H2,1-2H3,(H,17,20). The van der Waals surface area contributed by atoms with Crippen LogP contribution in [0.2, 0.25) is 0 Å². The maximum Gasteiger partial charge on any atom is 0.293 e. The summed E-state index contributed by atoms with van der Waals surface area (Å²) in [4.78, 5) is 24.7. The van der Waals surface area contributed by atoms with Crippen LogP contribution >= 0.6 is 0 Å². The van der Waals surface area contributed by atoms with E-state index in [1.54, 1.807) is 49.3 Å². The zero-order valence-corrected chi connectivity index (χ0v) is 13.1. The van der Waals surface area contributed by atoms with Crippen LogP contribution in [0.15, 0.2) is 36.4 Å². The Morgan fingerprint density at radius 3 is 2.62 bits per heavy atom. The molecule has 1 aliphatic rings. The van der Waals surface area contributed by atoms with Crippen molar-refractivity contribution in [3.8, 4) is 11.5 Å². The van der Waals surface area contributed by atoms with E-state index in [2.05, 4.69) is 5.32 Å². The molecule has 0 fully saturated rings. The lowest BCUT2D eigenvalue weighted by Crippen LogP contribution is -2.15. The number of nitrogens with one attached hydrogen (secondary N) is 1. The molecule has 8 nitrogen and oxygen atoms in total. The van der Waals surface area contributed by atoms with E-state index in [0.29, 0.717) is 22.9 Å². The third-order valence-corrected chi connectivity index (χ3v) is 3.55. The molecule has 8 heteroatoms. The molecule has 1 aliphatic heterocycles. The number of amides is 1. The molecule has 24 heavy (non-hydrogen) atoms. The first-order valence-corrected chi connectivity index (χ1v) is 7.12. The average Bonchev–Trinajstić information content (AvgIpc) is 3.01. The van der Waals surface area contributed by atoms with Gasteiger partial charge in [0.15, 0.2) is 11.5 Å². The van der Waals surface area contributed by atoms with Gasteiger partial charge in [0.1, 0.15) is 5.69 Å². The van der Waals surface area contributed by atoms with Crippen molar-refractivity contribution in [1.82, 2.24) is 0 Å². The van der Waals surface area contributed by atoms with Crippen LogP contribution in [0.4, 0.5) is 17.1 Å². The number of hydrogen-bond acceptors (Lipinski definition) is 6. The number of nitro groups is 1. The number of nitro benzene ring substituents is 1. The molecule has 0 saturated heterocycles. The third kappa shape index (κ3) is 2.94. The summed E-state index contributed by atoms with van der Waals surface area (Å²) < 4.78 is 10.5. The fraction of sp³-hybridized carbons (Fsp3) is 0.188. The highest BCUT2D eigenvalue weighted by atomic mass is 16.7. The van der Waals surface area contributed by atoms with Crippen molar-refractivity contribution in [2.75, 3.05) is 31.1 Å². The van der Waals surface area contributed by atoms with Crippen molar-refractivity contribution < 1.29 is 19.2 Å². The van der Waals surface area contributed by atoms with Gasteiger partial charge in [-0.05, 0) is 24.3 Å². The molecule has 3 rings (SSSR count). The van der Waals surface area contributed by atoms with Crippen molar-refractivity contribution in [1.29, 1.82) is 0 Å². The van der Waals surface area contributed by atoms with Crippen LogP contribution in [0.25, 0.3) is 0 Å². The second-order valence-corrected chi connectivity index (χ2v) is 5.38. The first kappa shape index (κ1) is 15.6. The van der Waals surface area contributed by atoms with E-state index in [1.807, 2.05) is 0 Å². The highest BCUT2D eigenvalue weighted by Crippen LogP contribution is 2.34. The number of hydrogen-bond donors (Lipinski definition) is 1. The van der Waals surface area contributed by atoms with E-state index in [9.17, 15) is 14.9 Å². The zero-order valence-electron chi connectivity index (χ0n) is 13.1. The van der Waals surface area contributed by atoms with E-state index in [-0.39, 0.29) is 18.0 Å². The van der Waals surface area contributed by atoms with Crippen molar-refractivity contribution in [3.63, 3.8) is 0 Å². The Morgan fingerprint density at radius 1 is 1.17 bits per heavy atom. The Hall–Kier alpha value is -3.29. The second-order valence-electron chi connectivity index (χ2n) is 5.38. The molecule has 0 aliphatic carbocycles. The van der Waals surface area contributed by atoms with E-state index < -0.39 is 10.8 Å². The first-order valence-electron chi connectivity index (χ1n) is 7.12. The Balaban J connectivity index is 1.85. The lowest BCUT2D eigenvalue weighted by Gasteiger charge is -2.13. The number of carbonyl (C=O) groups excluding carboxylic acids is 1. The summed E-state index contributed by atoms with van der Waals surface area (Å²) in [6, 6.07) is 9.36. The minimum Gasteiger partial charge on any atom is -0.454 e. The first-order chi connectivity index (χ1) is 11.5. The molecule has 1 heterocycles. The number of ether oxygens (including phenoxy) is 2. The van der Waals surface area contributed by atoms with Gasteiger partial charge in [-0.15, -0.1) is 0 Å². The summed E-state index contributed by atoms with van der Waals surface area (Å²) in [5.74, 6) is 0.711. The van der Waals surface area contributed by atoms with Crippen LogP contribution in [0.1, 0.15) is 10.4 Å². The van der Waals surface area contributed by atoms with Crippen LogP contribution in [-0.2, 0) is 0 Å². The summed E-state index contributed by atoms with van der Waals surface area (Å²) in [6.07, 6.45) is 0. The van der Waals surface area contributed by atoms with Gasteiger partial charge in [-0.3, -0.25) is 14.9 Å². The molecule has 1 N–H and O–H groups in total. The Kier molecular flexibility index (Phi) is 3.95. The fourth-order valence-electron chi connectivity index (χ4n) is 2.37. The SMILES string of the molecule is CN(C)c1ccc(C(=O)Nc2ccc3c(c2)OCO3)cc1[N+](=O)[O-]. The minimum absolute atomic E-state index is 0.127. The normalized spacial score (nSPS) is 11.9. The number of anilines is 2. The van der Waals surface area contributed by atoms with Crippen LogP contribution < -0.4 is 19.7 Å². The zero-order chi connectivity index (χ0) is 17.3. The lowest BCUT2D eigenvalue weighted by molar-refractivity contribution is -0.384. The molecular formula is C16H15N3O5. The highest BCUT2D eigenvalue weighted by molar-refractivity contribution is 6.05. The summed E-state index contributed by atoms with van der Waals surface area (Å²) in [7, 11) is 3.41. The molecule has 0 aromatic heterocycles. The maximum absolute atomic E-state index is 12.4. The highest BCUT2D eigenvalue weighted by Gasteiger charge is 2.19. The Labute approximate surface area is 137 Å². The topological polar surface area (TPSA) is 93.9 Å². The van der Waals surface area contributed by atoms with Crippen LogP contribution in [0.3, 0.4) is 0 Å². The van der Waals surface area contributed by atoms with Gasteiger partial charge in [-0.2, -0.15) is 0 Å². The number of benzene rings is 2.